The lowest BCUT2D eigenvalue weighted by molar-refractivity contribution is -0.121. The Labute approximate surface area is 168 Å². The van der Waals surface area contributed by atoms with Crippen LogP contribution >= 0.6 is 34.8 Å². The van der Waals surface area contributed by atoms with Crippen LogP contribution in [0.15, 0.2) is 54.1 Å². The number of hydrogen-bond acceptors (Lipinski definition) is 1. The number of hydrogen-bond donors (Lipinski definition) is 1. The van der Waals surface area contributed by atoms with E-state index in [9.17, 15) is 4.79 Å². The zero-order valence-electron chi connectivity index (χ0n) is 14.2. The van der Waals surface area contributed by atoms with Gasteiger partial charge in [-0.1, -0.05) is 64.7 Å². The first kappa shape index (κ1) is 17.9. The first-order valence-corrected chi connectivity index (χ1v) is 9.75. The third kappa shape index (κ3) is 3.05. The molecule has 0 radical (unpaired) electrons. The predicted molar refractivity (Wildman–Crippen MR) is 107 cm³/mol. The van der Waals surface area contributed by atoms with Crippen molar-refractivity contribution in [3.8, 4) is 0 Å². The normalized spacial score (nSPS) is 27.7. The van der Waals surface area contributed by atoms with Gasteiger partial charge in [0.25, 0.3) is 0 Å². The van der Waals surface area contributed by atoms with E-state index in [1.807, 2.05) is 24.3 Å². The number of rotatable bonds is 2. The second kappa shape index (κ2) is 6.92. The molecule has 0 bridgehead atoms. The number of halogens is 3. The topological polar surface area (TPSA) is 29.1 Å². The molecule has 5 heteroatoms. The molecule has 1 saturated heterocycles. The maximum atomic E-state index is 12.3. The molecule has 0 saturated carbocycles. The molecule has 0 aromatic heterocycles. The van der Waals surface area contributed by atoms with E-state index >= 15 is 0 Å². The molecule has 1 N–H and O–H groups in total. The Morgan fingerprint density at radius 2 is 1.69 bits per heavy atom. The summed E-state index contributed by atoms with van der Waals surface area (Å²) in [6.07, 6.45) is 2.11. The zero-order valence-corrected chi connectivity index (χ0v) is 16.4. The lowest BCUT2D eigenvalue weighted by Crippen LogP contribution is -2.31. The van der Waals surface area contributed by atoms with Gasteiger partial charge in [0.15, 0.2) is 0 Å². The lowest BCUT2D eigenvalue weighted by atomic mass is 9.64. The van der Waals surface area contributed by atoms with E-state index < -0.39 is 0 Å². The fraction of sp³-hybridized carbons (Fsp3) is 0.286. The molecule has 4 atom stereocenters. The number of allylic oxidation sites excluding steroid dienone is 1. The van der Waals surface area contributed by atoms with Gasteiger partial charge < -0.3 is 5.32 Å². The van der Waals surface area contributed by atoms with Gasteiger partial charge in [-0.3, -0.25) is 4.79 Å². The molecule has 134 valence electrons. The molecule has 2 aromatic carbocycles. The highest BCUT2D eigenvalue weighted by Gasteiger charge is 2.46. The largest absolute Gasteiger partial charge is 0.355 e. The summed E-state index contributed by atoms with van der Waals surface area (Å²) < 4.78 is 0. The number of carbonyl (C=O) groups excluding carboxylic acids is 1. The Bertz CT molecular complexity index is 891. The first-order valence-electron chi connectivity index (χ1n) is 8.62. The van der Waals surface area contributed by atoms with Gasteiger partial charge in [0.2, 0.25) is 5.91 Å². The Kier molecular flexibility index (Phi) is 4.77. The van der Waals surface area contributed by atoms with E-state index in [0.29, 0.717) is 21.6 Å². The first-order chi connectivity index (χ1) is 12.5. The molecule has 0 spiro atoms. The van der Waals surface area contributed by atoms with E-state index in [-0.39, 0.29) is 29.6 Å². The summed E-state index contributed by atoms with van der Waals surface area (Å²) in [4.78, 5) is 12.3. The molecule has 1 aliphatic carbocycles. The SMILES string of the molecule is CC1=C[C@H]2C(=O)NC[C@H]2[C@@H](c2ccc(Cl)cc2)[C@@H]1c1ccc(Cl)cc1Cl. The van der Waals surface area contributed by atoms with Gasteiger partial charge in [-0.15, -0.1) is 0 Å². The van der Waals surface area contributed by atoms with Gasteiger partial charge in [0.05, 0.1) is 5.92 Å². The zero-order chi connectivity index (χ0) is 18.4. The van der Waals surface area contributed by atoms with Gasteiger partial charge in [0, 0.05) is 33.4 Å². The molecular formula is C21H18Cl3NO. The van der Waals surface area contributed by atoms with Crippen LogP contribution in [0.2, 0.25) is 15.1 Å². The summed E-state index contributed by atoms with van der Waals surface area (Å²) in [7, 11) is 0. The van der Waals surface area contributed by atoms with Crippen LogP contribution in [0.3, 0.4) is 0 Å². The van der Waals surface area contributed by atoms with Crippen molar-refractivity contribution in [2.45, 2.75) is 18.8 Å². The Hall–Kier alpha value is -1.48. The molecule has 0 unspecified atom stereocenters. The maximum absolute atomic E-state index is 12.3. The number of benzene rings is 2. The van der Waals surface area contributed by atoms with Crippen molar-refractivity contribution in [2.24, 2.45) is 11.8 Å². The van der Waals surface area contributed by atoms with Crippen LogP contribution in [0.5, 0.6) is 0 Å². The highest BCUT2D eigenvalue weighted by molar-refractivity contribution is 6.35. The van der Waals surface area contributed by atoms with Crippen molar-refractivity contribution in [3.63, 3.8) is 0 Å². The van der Waals surface area contributed by atoms with E-state index in [2.05, 4.69) is 30.4 Å². The fourth-order valence-electron chi connectivity index (χ4n) is 4.44. The van der Waals surface area contributed by atoms with Gasteiger partial charge in [-0.05, 0) is 48.2 Å². The second-order valence-corrected chi connectivity index (χ2v) is 8.35. The van der Waals surface area contributed by atoms with Crippen molar-refractivity contribution >= 4 is 40.7 Å². The highest BCUT2D eigenvalue weighted by atomic mass is 35.5. The van der Waals surface area contributed by atoms with Gasteiger partial charge in [0.1, 0.15) is 0 Å². The van der Waals surface area contributed by atoms with Crippen LogP contribution in [-0.4, -0.2) is 12.5 Å². The molecule has 2 nitrogen and oxygen atoms in total. The van der Waals surface area contributed by atoms with Crippen molar-refractivity contribution in [1.82, 2.24) is 5.32 Å². The number of nitrogens with one attached hydrogen (secondary N) is 1. The highest BCUT2D eigenvalue weighted by Crippen LogP contribution is 2.52. The Balaban J connectivity index is 1.88. The molecular weight excluding hydrogens is 389 g/mol. The summed E-state index contributed by atoms with van der Waals surface area (Å²) in [5.74, 6) is 0.422. The van der Waals surface area contributed by atoms with Crippen molar-refractivity contribution in [3.05, 3.63) is 80.3 Å². The summed E-state index contributed by atoms with van der Waals surface area (Å²) in [5, 5.41) is 5.01. The number of carbonyl (C=O) groups is 1. The van der Waals surface area contributed by atoms with Gasteiger partial charge >= 0.3 is 0 Å². The summed E-state index contributed by atoms with van der Waals surface area (Å²) in [6, 6.07) is 13.6. The minimum absolute atomic E-state index is 0.0925. The Morgan fingerprint density at radius 1 is 1.00 bits per heavy atom. The molecule has 1 aliphatic heterocycles. The van der Waals surface area contributed by atoms with Crippen LogP contribution in [0.4, 0.5) is 0 Å². The summed E-state index contributed by atoms with van der Waals surface area (Å²) in [6.45, 7) is 2.75. The standard InChI is InChI=1S/C21H18Cl3NO/c1-11-8-16-17(10-25-21(16)26)20(12-2-4-13(22)5-3-12)19(11)15-7-6-14(23)9-18(15)24/h2-9,16-17,19-20H,10H2,1H3,(H,25,26)/t16-,17-,19+,20-/m1/s1. The third-order valence-corrected chi connectivity index (χ3v) is 6.40. The van der Waals surface area contributed by atoms with E-state index in [0.717, 1.165) is 11.1 Å². The second-order valence-electron chi connectivity index (χ2n) is 7.07. The van der Waals surface area contributed by atoms with Crippen LogP contribution < -0.4 is 5.32 Å². The fourth-order valence-corrected chi connectivity index (χ4v) is 5.09. The maximum Gasteiger partial charge on any atom is 0.227 e. The minimum Gasteiger partial charge on any atom is -0.355 e. The summed E-state index contributed by atoms with van der Waals surface area (Å²) in [5.41, 5.74) is 3.37. The predicted octanol–water partition coefficient (Wildman–Crippen LogP) is 5.84. The molecule has 4 rings (SSSR count). The van der Waals surface area contributed by atoms with Crippen molar-refractivity contribution in [1.29, 1.82) is 0 Å². The lowest BCUT2D eigenvalue weighted by Gasteiger charge is -2.39. The van der Waals surface area contributed by atoms with Crippen LogP contribution in [0, 0.1) is 11.8 Å². The van der Waals surface area contributed by atoms with E-state index in [1.165, 1.54) is 5.56 Å². The monoisotopic (exact) mass is 405 g/mol. The van der Waals surface area contributed by atoms with Gasteiger partial charge in [-0.2, -0.15) is 0 Å². The average Bonchev–Trinajstić information content (AvgIpc) is 2.96. The average molecular weight is 407 g/mol. The molecule has 26 heavy (non-hydrogen) atoms. The third-order valence-electron chi connectivity index (χ3n) is 5.58. The number of fused-ring (bicyclic) bond motifs is 1. The Morgan fingerprint density at radius 3 is 2.38 bits per heavy atom. The smallest absolute Gasteiger partial charge is 0.227 e. The van der Waals surface area contributed by atoms with Gasteiger partial charge in [-0.25, -0.2) is 0 Å². The molecule has 2 aromatic rings. The molecule has 2 aliphatic rings. The summed E-state index contributed by atoms with van der Waals surface area (Å²) >= 11 is 18.8. The minimum atomic E-state index is -0.0991. The van der Waals surface area contributed by atoms with Crippen LogP contribution in [-0.2, 0) is 4.79 Å². The van der Waals surface area contributed by atoms with Crippen LogP contribution in [0.1, 0.15) is 29.9 Å². The van der Waals surface area contributed by atoms with Crippen molar-refractivity contribution < 1.29 is 4.79 Å². The molecule has 1 amide bonds. The number of amides is 1. The van der Waals surface area contributed by atoms with E-state index in [1.54, 1.807) is 6.07 Å². The van der Waals surface area contributed by atoms with Crippen LogP contribution in [0.25, 0.3) is 0 Å². The van der Waals surface area contributed by atoms with Crippen molar-refractivity contribution in [2.75, 3.05) is 6.54 Å². The van der Waals surface area contributed by atoms with E-state index in [4.69, 9.17) is 34.8 Å². The molecule has 1 fully saturated rings. The molecule has 1 heterocycles. The quantitative estimate of drug-likeness (QED) is 0.624.